The third-order valence-electron chi connectivity index (χ3n) is 2.50. The number of ether oxygens (including phenoxy) is 1. The van der Waals surface area contributed by atoms with E-state index < -0.39 is 12.6 Å². The molecule has 0 saturated heterocycles. The number of rotatable bonds is 6. The molecule has 6 heteroatoms. The molecule has 1 heterocycles. The molecular formula is C11H17F3N2O. The highest BCUT2D eigenvalue weighted by molar-refractivity contribution is 4.98. The van der Waals surface area contributed by atoms with Gasteiger partial charge in [-0.05, 0) is 19.4 Å². The maximum absolute atomic E-state index is 12.1. The summed E-state index contributed by atoms with van der Waals surface area (Å²) >= 11 is 0. The number of aromatic nitrogens is 2. The Balaban J connectivity index is 2.48. The molecule has 0 fully saturated rings. The Hall–Kier alpha value is -1.04. The minimum atomic E-state index is -4.15. The van der Waals surface area contributed by atoms with Crippen molar-refractivity contribution in [3.8, 4) is 0 Å². The van der Waals surface area contributed by atoms with Crippen molar-refractivity contribution in [1.82, 2.24) is 9.78 Å². The minimum absolute atomic E-state index is 0.0981. The predicted octanol–water partition coefficient (Wildman–Crippen LogP) is 3.15. The lowest BCUT2D eigenvalue weighted by Crippen LogP contribution is -2.16. The van der Waals surface area contributed by atoms with Crippen LogP contribution in [0.15, 0.2) is 12.3 Å². The van der Waals surface area contributed by atoms with Crippen molar-refractivity contribution < 1.29 is 17.9 Å². The van der Waals surface area contributed by atoms with Gasteiger partial charge in [0, 0.05) is 12.7 Å². The molecule has 0 spiro atoms. The van der Waals surface area contributed by atoms with Crippen molar-refractivity contribution in [3.05, 3.63) is 18.0 Å². The molecule has 0 bridgehead atoms. The fraction of sp³-hybridized carbons (Fsp3) is 0.727. The van der Waals surface area contributed by atoms with Crippen LogP contribution in [-0.4, -0.2) is 22.1 Å². The van der Waals surface area contributed by atoms with Crippen molar-refractivity contribution in [2.45, 2.75) is 52.1 Å². The minimum Gasteiger partial charge on any atom is -0.372 e. The fourth-order valence-corrected chi connectivity index (χ4v) is 1.26. The van der Waals surface area contributed by atoms with Gasteiger partial charge in [0.25, 0.3) is 0 Å². The topological polar surface area (TPSA) is 27.1 Å². The summed E-state index contributed by atoms with van der Waals surface area (Å²) in [5.74, 6) is 0. The molecular weight excluding hydrogens is 233 g/mol. The predicted molar refractivity (Wildman–Crippen MR) is 57.4 cm³/mol. The fourth-order valence-electron chi connectivity index (χ4n) is 1.26. The Morgan fingerprint density at radius 2 is 2.18 bits per heavy atom. The third-order valence-corrected chi connectivity index (χ3v) is 2.50. The van der Waals surface area contributed by atoms with Crippen molar-refractivity contribution in [2.75, 3.05) is 0 Å². The number of hydrogen-bond donors (Lipinski definition) is 0. The van der Waals surface area contributed by atoms with E-state index in [9.17, 15) is 13.2 Å². The highest BCUT2D eigenvalue weighted by Gasteiger charge is 2.27. The molecule has 0 amide bonds. The molecule has 1 aromatic rings. The van der Waals surface area contributed by atoms with Gasteiger partial charge in [-0.25, -0.2) is 0 Å². The first kappa shape index (κ1) is 14.0. The Kier molecular flexibility index (Phi) is 4.99. The van der Waals surface area contributed by atoms with Gasteiger partial charge in [0.15, 0.2) is 0 Å². The quantitative estimate of drug-likeness (QED) is 0.775. The SMILES string of the molecule is CC[C@@H](C)OCc1ccnn1CCC(F)(F)F. The zero-order valence-corrected chi connectivity index (χ0v) is 10.00. The maximum atomic E-state index is 12.1. The summed E-state index contributed by atoms with van der Waals surface area (Å²) in [6, 6.07) is 1.68. The number of hydrogen-bond acceptors (Lipinski definition) is 2. The lowest BCUT2D eigenvalue weighted by Gasteiger charge is -2.12. The normalized spacial score (nSPS) is 13.9. The molecule has 0 aliphatic rings. The summed E-state index contributed by atoms with van der Waals surface area (Å²) < 4.78 is 43.0. The smallest absolute Gasteiger partial charge is 0.372 e. The van der Waals surface area contributed by atoms with Gasteiger partial charge in [0.1, 0.15) is 0 Å². The van der Waals surface area contributed by atoms with Crippen LogP contribution in [0.4, 0.5) is 13.2 Å². The largest absolute Gasteiger partial charge is 0.390 e. The van der Waals surface area contributed by atoms with Crippen molar-refractivity contribution in [3.63, 3.8) is 0 Å². The Labute approximate surface area is 98.6 Å². The standard InChI is InChI=1S/C11H17F3N2O/c1-3-9(2)17-8-10-4-6-15-16(10)7-5-11(12,13)14/h4,6,9H,3,5,7-8H2,1-2H3/t9-/m1/s1. The van der Waals surface area contributed by atoms with Gasteiger partial charge in [0.2, 0.25) is 0 Å². The lowest BCUT2D eigenvalue weighted by atomic mass is 10.3. The van der Waals surface area contributed by atoms with E-state index in [4.69, 9.17) is 4.74 Å². The van der Waals surface area contributed by atoms with Crippen LogP contribution in [0, 0.1) is 0 Å². The van der Waals surface area contributed by atoms with E-state index in [2.05, 4.69) is 5.10 Å². The van der Waals surface area contributed by atoms with Gasteiger partial charge in [0.05, 0.1) is 24.8 Å². The second-order valence-electron chi connectivity index (χ2n) is 3.94. The molecule has 1 aromatic heterocycles. The zero-order valence-electron chi connectivity index (χ0n) is 10.00. The van der Waals surface area contributed by atoms with Crippen molar-refractivity contribution >= 4 is 0 Å². The first-order chi connectivity index (χ1) is 7.92. The van der Waals surface area contributed by atoms with Crippen LogP contribution in [0.25, 0.3) is 0 Å². The first-order valence-electron chi connectivity index (χ1n) is 5.61. The van der Waals surface area contributed by atoms with E-state index in [1.54, 1.807) is 6.07 Å². The average molecular weight is 250 g/mol. The van der Waals surface area contributed by atoms with Crippen LogP contribution in [-0.2, 0) is 17.9 Å². The van der Waals surface area contributed by atoms with Gasteiger partial charge >= 0.3 is 6.18 Å². The molecule has 0 aliphatic heterocycles. The van der Waals surface area contributed by atoms with Crippen LogP contribution in [0.3, 0.4) is 0 Å². The molecule has 0 radical (unpaired) electrons. The zero-order chi connectivity index (χ0) is 12.9. The molecule has 98 valence electrons. The van der Waals surface area contributed by atoms with E-state index in [1.807, 2.05) is 13.8 Å². The number of alkyl halides is 3. The van der Waals surface area contributed by atoms with Gasteiger partial charge in [-0.1, -0.05) is 6.92 Å². The van der Waals surface area contributed by atoms with E-state index in [-0.39, 0.29) is 12.6 Å². The molecule has 17 heavy (non-hydrogen) atoms. The lowest BCUT2D eigenvalue weighted by molar-refractivity contribution is -0.137. The van der Waals surface area contributed by atoms with Gasteiger partial charge in [-0.15, -0.1) is 0 Å². The van der Waals surface area contributed by atoms with Gasteiger partial charge < -0.3 is 4.74 Å². The van der Waals surface area contributed by atoms with E-state index >= 15 is 0 Å². The van der Waals surface area contributed by atoms with Gasteiger partial charge in [-0.3, -0.25) is 4.68 Å². The van der Waals surface area contributed by atoms with Crippen LogP contribution < -0.4 is 0 Å². The van der Waals surface area contributed by atoms with Crippen LogP contribution >= 0.6 is 0 Å². The second-order valence-corrected chi connectivity index (χ2v) is 3.94. The van der Waals surface area contributed by atoms with Crippen LogP contribution in [0.1, 0.15) is 32.4 Å². The van der Waals surface area contributed by atoms with Crippen molar-refractivity contribution in [1.29, 1.82) is 0 Å². The highest BCUT2D eigenvalue weighted by atomic mass is 19.4. The summed E-state index contributed by atoms with van der Waals surface area (Å²) in [6.07, 6.45) is -2.56. The Bertz CT molecular complexity index is 336. The molecule has 1 atom stereocenters. The molecule has 1 rings (SSSR count). The van der Waals surface area contributed by atoms with Crippen LogP contribution in [0.5, 0.6) is 0 Å². The Morgan fingerprint density at radius 1 is 1.47 bits per heavy atom. The first-order valence-corrected chi connectivity index (χ1v) is 5.61. The molecule has 0 saturated carbocycles. The average Bonchev–Trinajstić information content (AvgIpc) is 2.69. The van der Waals surface area contributed by atoms with Crippen molar-refractivity contribution in [2.24, 2.45) is 0 Å². The molecule has 0 N–H and O–H groups in total. The molecule has 0 aliphatic carbocycles. The molecule has 3 nitrogen and oxygen atoms in total. The summed E-state index contributed by atoms with van der Waals surface area (Å²) in [5, 5.41) is 3.86. The summed E-state index contributed by atoms with van der Waals surface area (Å²) in [6.45, 7) is 4.06. The maximum Gasteiger partial charge on any atom is 0.390 e. The van der Waals surface area contributed by atoms with Gasteiger partial charge in [-0.2, -0.15) is 18.3 Å². The summed E-state index contributed by atoms with van der Waals surface area (Å²) in [4.78, 5) is 0. The van der Waals surface area contributed by atoms with E-state index in [0.717, 1.165) is 6.42 Å². The number of aryl methyl sites for hydroxylation is 1. The molecule has 0 unspecified atom stereocenters. The van der Waals surface area contributed by atoms with Crippen LogP contribution in [0.2, 0.25) is 0 Å². The second kappa shape index (κ2) is 6.05. The molecule has 0 aromatic carbocycles. The van der Waals surface area contributed by atoms with E-state index in [1.165, 1.54) is 10.9 Å². The van der Waals surface area contributed by atoms with E-state index in [0.29, 0.717) is 12.3 Å². The monoisotopic (exact) mass is 250 g/mol. The summed E-state index contributed by atoms with van der Waals surface area (Å²) in [5.41, 5.74) is 0.676. The summed E-state index contributed by atoms with van der Waals surface area (Å²) in [7, 11) is 0. The highest BCUT2D eigenvalue weighted by Crippen LogP contribution is 2.20. The third kappa shape index (κ3) is 5.21. The number of halogens is 3. The number of nitrogens with zero attached hydrogens (tertiary/aromatic N) is 2. The Morgan fingerprint density at radius 3 is 2.76 bits per heavy atom.